The summed E-state index contributed by atoms with van der Waals surface area (Å²) in [4.78, 5) is 46.8. The first-order valence-corrected chi connectivity index (χ1v) is 13.0. The van der Waals surface area contributed by atoms with Crippen molar-refractivity contribution in [2.75, 3.05) is 11.1 Å². The summed E-state index contributed by atoms with van der Waals surface area (Å²) in [5.41, 5.74) is 1.96. The predicted molar refractivity (Wildman–Crippen MR) is 135 cm³/mol. The van der Waals surface area contributed by atoms with E-state index in [0.29, 0.717) is 22.8 Å². The number of aryl methyl sites for hydroxylation is 2. The maximum Gasteiger partial charge on any atom is 0.259 e. The number of hydrogen-bond donors (Lipinski definition) is 3. The molecule has 0 saturated carbocycles. The quantitative estimate of drug-likeness (QED) is 0.485. The van der Waals surface area contributed by atoms with Crippen LogP contribution in [0, 0.1) is 0 Å². The average Bonchev–Trinajstić information content (AvgIpc) is 3.12. The largest absolute Gasteiger partial charge is 0.347 e. The van der Waals surface area contributed by atoms with E-state index in [0.717, 1.165) is 29.5 Å². The number of benzene rings is 1. The smallest absolute Gasteiger partial charge is 0.259 e. The van der Waals surface area contributed by atoms with Crippen molar-refractivity contribution in [3.05, 3.63) is 56.4 Å². The van der Waals surface area contributed by atoms with E-state index >= 15 is 0 Å². The van der Waals surface area contributed by atoms with E-state index in [1.807, 2.05) is 20.8 Å². The molecule has 0 atom stereocenters. The van der Waals surface area contributed by atoms with E-state index in [-0.39, 0.29) is 28.7 Å². The third-order valence-corrected chi connectivity index (χ3v) is 7.39. The fraction of sp³-hybridized carbons (Fsp3) is 0.417. The van der Waals surface area contributed by atoms with Gasteiger partial charge in [0.2, 0.25) is 5.91 Å². The van der Waals surface area contributed by atoms with Gasteiger partial charge >= 0.3 is 0 Å². The number of aromatic nitrogens is 2. The van der Waals surface area contributed by atoms with Crippen LogP contribution in [0.15, 0.2) is 29.1 Å². The van der Waals surface area contributed by atoms with E-state index in [2.05, 4.69) is 20.6 Å². The molecule has 0 saturated heterocycles. The van der Waals surface area contributed by atoms with Crippen molar-refractivity contribution >= 4 is 50.8 Å². The summed E-state index contributed by atoms with van der Waals surface area (Å²) in [6, 6.07) is 6.81. The summed E-state index contributed by atoms with van der Waals surface area (Å²) in [7, 11) is 0. The highest BCUT2D eigenvalue weighted by molar-refractivity contribution is 7.99. The minimum absolute atomic E-state index is 0.0740. The molecule has 2 amide bonds. The molecule has 9 heteroatoms. The lowest BCUT2D eigenvalue weighted by Gasteiger charge is -2.20. The number of nitrogens with zero attached hydrogens (tertiary/aromatic N) is 1. The first-order valence-electron chi connectivity index (χ1n) is 11.0. The predicted octanol–water partition coefficient (Wildman–Crippen LogP) is 4.26. The van der Waals surface area contributed by atoms with Crippen LogP contribution >= 0.6 is 23.1 Å². The Hall–Kier alpha value is -2.65. The van der Waals surface area contributed by atoms with Crippen LogP contribution in [0.2, 0.25) is 0 Å². The summed E-state index contributed by atoms with van der Waals surface area (Å²) in [6.45, 7) is 5.77. The van der Waals surface area contributed by atoms with E-state index in [9.17, 15) is 14.4 Å². The molecule has 1 aliphatic rings. The van der Waals surface area contributed by atoms with Gasteiger partial charge in [-0.25, -0.2) is 4.98 Å². The number of carbonyl (C=O) groups is 2. The van der Waals surface area contributed by atoms with Gasteiger partial charge in [0.05, 0.1) is 16.9 Å². The standard InChI is InChI=1S/C24H28N4O3S2/c1-24(2,3)28-21(30)14-8-10-15(11-9-14)25-19(29)13-32-12-18-26-22(31)20-16-6-4-5-7-17(16)33-23(20)27-18/h8-11H,4-7,12-13H2,1-3H3,(H,25,29)(H,28,30)(H,26,27,31). The van der Waals surface area contributed by atoms with E-state index in [1.165, 1.54) is 28.6 Å². The highest BCUT2D eigenvalue weighted by atomic mass is 32.2. The maximum absolute atomic E-state index is 12.6. The van der Waals surface area contributed by atoms with Crippen molar-refractivity contribution in [2.24, 2.45) is 0 Å². The number of hydrogen-bond acceptors (Lipinski definition) is 6. The Bertz CT molecular complexity index is 1240. The Morgan fingerprint density at radius 2 is 1.88 bits per heavy atom. The van der Waals surface area contributed by atoms with E-state index in [1.54, 1.807) is 35.6 Å². The molecule has 3 aromatic rings. The Morgan fingerprint density at radius 1 is 1.15 bits per heavy atom. The van der Waals surface area contributed by atoms with E-state index < -0.39 is 0 Å². The van der Waals surface area contributed by atoms with Crippen LogP contribution in [0.3, 0.4) is 0 Å². The molecule has 1 aromatic carbocycles. The van der Waals surface area contributed by atoms with Crippen molar-refractivity contribution in [1.29, 1.82) is 0 Å². The first kappa shape index (κ1) is 23.5. The van der Waals surface area contributed by atoms with Crippen LogP contribution in [0.1, 0.15) is 60.2 Å². The number of fused-ring (bicyclic) bond motifs is 3. The Kier molecular flexibility index (Phi) is 6.90. The highest BCUT2D eigenvalue weighted by Crippen LogP contribution is 2.33. The second-order valence-corrected chi connectivity index (χ2v) is 11.3. The van der Waals surface area contributed by atoms with Gasteiger partial charge in [-0.05, 0) is 76.3 Å². The Balaban J connectivity index is 1.31. The van der Waals surface area contributed by atoms with Crippen molar-refractivity contribution in [2.45, 2.75) is 57.7 Å². The van der Waals surface area contributed by atoms with Crippen molar-refractivity contribution in [3.8, 4) is 0 Å². The third-order valence-electron chi connectivity index (χ3n) is 5.27. The molecule has 0 unspecified atom stereocenters. The molecule has 3 N–H and O–H groups in total. The minimum Gasteiger partial charge on any atom is -0.347 e. The fourth-order valence-electron chi connectivity index (χ4n) is 3.83. The topological polar surface area (TPSA) is 104 Å². The van der Waals surface area contributed by atoms with Gasteiger partial charge in [-0.3, -0.25) is 14.4 Å². The Labute approximate surface area is 200 Å². The molecule has 7 nitrogen and oxygen atoms in total. The number of nitrogens with one attached hydrogen (secondary N) is 3. The Morgan fingerprint density at radius 3 is 2.61 bits per heavy atom. The van der Waals surface area contributed by atoms with Crippen LogP contribution in [0.5, 0.6) is 0 Å². The average molecular weight is 485 g/mol. The van der Waals surface area contributed by atoms with Gasteiger partial charge in [-0.15, -0.1) is 23.1 Å². The molecule has 2 aromatic heterocycles. The summed E-state index contributed by atoms with van der Waals surface area (Å²) in [6.07, 6.45) is 4.28. The molecular weight excluding hydrogens is 456 g/mol. The number of H-pyrrole nitrogens is 1. The van der Waals surface area contributed by atoms with E-state index in [4.69, 9.17) is 0 Å². The number of thiophene rings is 1. The lowest BCUT2D eigenvalue weighted by molar-refractivity contribution is -0.113. The molecule has 1 aliphatic carbocycles. The zero-order valence-electron chi connectivity index (χ0n) is 19.0. The third kappa shape index (κ3) is 5.83. The zero-order chi connectivity index (χ0) is 23.6. The lowest BCUT2D eigenvalue weighted by atomic mass is 9.97. The second-order valence-electron chi connectivity index (χ2n) is 9.23. The molecule has 0 fully saturated rings. The molecule has 0 spiro atoms. The van der Waals surface area contributed by atoms with Crippen LogP contribution in [-0.2, 0) is 23.4 Å². The van der Waals surface area contributed by atoms with Gasteiger partial charge in [-0.2, -0.15) is 0 Å². The molecule has 33 heavy (non-hydrogen) atoms. The number of carbonyl (C=O) groups excluding carboxylic acids is 2. The summed E-state index contributed by atoms with van der Waals surface area (Å²) in [5.74, 6) is 0.975. The van der Waals surface area contributed by atoms with Crippen LogP contribution in [0.4, 0.5) is 5.69 Å². The zero-order valence-corrected chi connectivity index (χ0v) is 20.7. The molecular formula is C24H28N4O3S2. The molecule has 4 rings (SSSR count). The van der Waals surface area contributed by atoms with Crippen molar-refractivity contribution < 1.29 is 9.59 Å². The van der Waals surface area contributed by atoms with Gasteiger partial charge in [0, 0.05) is 21.7 Å². The van der Waals surface area contributed by atoms with Gasteiger partial charge in [0.15, 0.2) is 0 Å². The molecule has 0 radical (unpaired) electrons. The number of aromatic amines is 1. The number of thioether (sulfide) groups is 1. The van der Waals surface area contributed by atoms with Crippen molar-refractivity contribution in [3.63, 3.8) is 0 Å². The van der Waals surface area contributed by atoms with Gasteiger partial charge in [0.1, 0.15) is 10.7 Å². The van der Waals surface area contributed by atoms with Gasteiger partial charge < -0.3 is 15.6 Å². The fourth-order valence-corrected chi connectivity index (χ4v) is 5.80. The second kappa shape index (κ2) is 9.69. The molecule has 0 aliphatic heterocycles. The summed E-state index contributed by atoms with van der Waals surface area (Å²) < 4.78 is 0. The number of anilines is 1. The van der Waals surface area contributed by atoms with Gasteiger partial charge in [-0.1, -0.05) is 0 Å². The van der Waals surface area contributed by atoms with Gasteiger partial charge in [0.25, 0.3) is 11.5 Å². The monoisotopic (exact) mass is 484 g/mol. The molecule has 2 heterocycles. The summed E-state index contributed by atoms with van der Waals surface area (Å²) in [5, 5.41) is 6.49. The number of rotatable bonds is 6. The van der Waals surface area contributed by atoms with Crippen LogP contribution < -0.4 is 16.2 Å². The summed E-state index contributed by atoms with van der Waals surface area (Å²) >= 11 is 3.02. The van der Waals surface area contributed by atoms with Crippen LogP contribution in [-0.4, -0.2) is 33.1 Å². The SMILES string of the molecule is CC(C)(C)NC(=O)c1ccc(NC(=O)CSCc2nc3sc4c(c3c(=O)[nH]2)CCCC4)cc1. The minimum atomic E-state index is -0.312. The highest BCUT2D eigenvalue weighted by Gasteiger charge is 2.20. The molecule has 0 bridgehead atoms. The first-order chi connectivity index (χ1) is 15.7. The molecule has 174 valence electrons. The van der Waals surface area contributed by atoms with Crippen LogP contribution in [0.25, 0.3) is 10.2 Å². The van der Waals surface area contributed by atoms with Crippen molar-refractivity contribution in [1.82, 2.24) is 15.3 Å². The lowest BCUT2D eigenvalue weighted by Crippen LogP contribution is -2.40. The normalized spacial score (nSPS) is 13.5. The maximum atomic E-state index is 12.6. The number of amides is 2.